The monoisotopic (exact) mass is 394 g/mol. The van der Waals surface area contributed by atoms with E-state index < -0.39 is 6.10 Å². The summed E-state index contributed by atoms with van der Waals surface area (Å²) in [6.45, 7) is 4.34. The second kappa shape index (κ2) is 8.35. The van der Waals surface area contributed by atoms with E-state index in [1.54, 1.807) is 6.07 Å². The van der Waals surface area contributed by atoms with Crippen LogP contribution in [0.1, 0.15) is 35.2 Å². The molecular formula is C20H27ClN2O4. The van der Waals surface area contributed by atoms with Crippen LogP contribution < -0.4 is 10.1 Å². The van der Waals surface area contributed by atoms with Crippen LogP contribution in [0.3, 0.4) is 0 Å². The maximum Gasteiger partial charge on any atom is 0.255 e. The second-order valence-electron chi connectivity index (χ2n) is 7.76. The van der Waals surface area contributed by atoms with Gasteiger partial charge in [-0.1, -0.05) is 11.6 Å². The van der Waals surface area contributed by atoms with Crippen molar-refractivity contribution in [2.75, 3.05) is 39.4 Å². The number of nitrogens with one attached hydrogen (secondary N) is 1. The zero-order valence-corrected chi connectivity index (χ0v) is 16.2. The van der Waals surface area contributed by atoms with Gasteiger partial charge in [-0.15, -0.1) is 0 Å². The number of hydrogen-bond acceptors (Lipinski definition) is 5. The Bertz CT molecular complexity index is 693. The van der Waals surface area contributed by atoms with Crippen LogP contribution >= 0.6 is 11.6 Å². The van der Waals surface area contributed by atoms with Gasteiger partial charge in [0, 0.05) is 43.6 Å². The third kappa shape index (κ3) is 4.40. The Morgan fingerprint density at radius 1 is 1.33 bits per heavy atom. The van der Waals surface area contributed by atoms with Gasteiger partial charge in [-0.2, -0.15) is 0 Å². The van der Waals surface area contributed by atoms with Crippen LogP contribution in [0.25, 0.3) is 0 Å². The van der Waals surface area contributed by atoms with Gasteiger partial charge in [0.25, 0.3) is 5.91 Å². The highest BCUT2D eigenvalue weighted by molar-refractivity contribution is 6.31. The summed E-state index contributed by atoms with van der Waals surface area (Å²) < 4.78 is 11.3. The minimum absolute atomic E-state index is 0.0582. The number of amides is 1. The normalized spacial score (nSPS) is 28.0. The van der Waals surface area contributed by atoms with E-state index >= 15 is 0 Å². The lowest BCUT2D eigenvalue weighted by Crippen LogP contribution is -2.49. The number of rotatable bonds is 5. The second-order valence-corrected chi connectivity index (χ2v) is 8.20. The Kier molecular flexibility index (Phi) is 5.88. The number of piperidine rings is 1. The van der Waals surface area contributed by atoms with Crippen molar-refractivity contribution in [2.45, 2.75) is 37.9 Å². The van der Waals surface area contributed by atoms with Crippen molar-refractivity contribution >= 4 is 17.5 Å². The summed E-state index contributed by atoms with van der Waals surface area (Å²) in [5.74, 6) is 0.510. The molecule has 0 saturated carbocycles. The van der Waals surface area contributed by atoms with Crippen LogP contribution in [0.2, 0.25) is 5.02 Å². The van der Waals surface area contributed by atoms with Crippen molar-refractivity contribution in [3.05, 3.63) is 28.3 Å². The molecule has 2 saturated heterocycles. The van der Waals surface area contributed by atoms with E-state index in [0.29, 0.717) is 42.1 Å². The topological polar surface area (TPSA) is 71.0 Å². The zero-order valence-electron chi connectivity index (χ0n) is 15.5. The molecule has 6 nitrogen and oxygen atoms in total. The molecule has 3 atom stereocenters. The first-order valence-electron chi connectivity index (χ1n) is 9.85. The summed E-state index contributed by atoms with van der Waals surface area (Å²) in [5, 5.41) is 14.0. The first-order chi connectivity index (χ1) is 13.1. The van der Waals surface area contributed by atoms with Crippen molar-refractivity contribution < 1.29 is 19.4 Å². The van der Waals surface area contributed by atoms with Crippen molar-refractivity contribution in [3.8, 4) is 5.75 Å². The molecule has 7 heteroatoms. The number of fused-ring (bicyclic) bond motifs is 1. The molecular weight excluding hydrogens is 368 g/mol. The Morgan fingerprint density at radius 3 is 3.00 bits per heavy atom. The highest BCUT2D eigenvalue weighted by Gasteiger charge is 2.30. The van der Waals surface area contributed by atoms with E-state index in [-0.39, 0.29) is 11.8 Å². The number of aliphatic hydroxyl groups is 1. The summed E-state index contributed by atoms with van der Waals surface area (Å²) >= 11 is 6.14. The van der Waals surface area contributed by atoms with Gasteiger partial charge in [-0.25, -0.2) is 0 Å². The number of ether oxygens (including phenoxy) is 2. The highest BCUT2D eigenvalue weighted by atomic mass is 35.5. The highest BCUT2D eigenvalue weighted by Crippen LogP contribution is 2.32. The number of carbonyl (C=O) groups excluding carboxylic acids is 1. The number of nitrogens with zero attached hydrogens (tertiary/aromatic N) is 1. The average Bonchev–Trinajstić information content (AvgIpc) is 3.31. The Morgan fingerprint density at radius 2 is 2.22 bits per heavy atom. The summed E-state index contributed by atoms with van der Waals surface area (Å²) in [4.78, 5) is 14.9. The van der Waals surface area contributed by atoms with Crippen LogP contribution in [0.4, 0.5) is 0 Å². The van der Waals surface area contributed by atoms with E-state index in [1.165, 1.54) is 0 Å². The fourth-order valence-corrected chi connectivity index (χ4v) is 4.52. The number of halogens is 1. The van der Waals surface area contributed by atoms with Crippen LogP contribution in [-0.4, -0.2) is 67.5 Å². The first kappa shape index (κ1) is 19.0. The number of benzene rings is 1. The minimum atomic E-state index is -0.443. The van der Waals surface area contributed by atoms with Crippen LogP contribution in [-0.2, 0) is 11.2 Å². The van der Waals surface area contributed by atoms with Crippen LogP contribution in [0, 0.1) is 5.92 Å². The molecule has 2 N–H and O–H groups in total. The van der Waals surface area contributed by atoms with Gasteiger partial charge in [0.1, 0.15) is 5.75 Å². The predicted molar refractivity (Wildman–Crippen MR) is 103 cm³/mol. The summed E-state index contributed by atoms with van der Waals surface area (Å²) in [6.07, 6.45) is 3.74. The van der Waals surface area contributed by atoms with Gasteiger partial charge < -0.3 is 19.9 Å². The fraction of sp³-hybridized carbons (Fsp3) is 0.650. The quantitative estimate of drug-likeness (QED) is 0.797. The SMILES string of the molecule is O=C(NCC1CCN(CC2CCCO2)CC1O)c1cc(Cl)cc2c1OCC2. The average molecular weight is 395 g/mol. The van der Waals surface area contributed by atoms with E-state index in [9.17, 15) is 9.90 Å². The number of aliphatic hydroxyl groups excluding tert-OH is 1. The molecule has 0 bridgehead atoms. The van der Waals surface area contributed by atoms with Crippen LogP contribution in [0.15, 0.2) is 12.1 Å². The molecule has 0 aliphatic carbocycles. The predicted octanol–water partition coefficient (Wildman–Crippen LogP) is 1.87. The number of hydrogen-bond donors (Lipinski definition) is 2. The molecule has 3 aliphatic heterocycles. The van der Waals surface area contributed by atoms with Crippen molar-refractivity contribution in [1.82, 2.24) is 10.2 Å². The molecule has 3 aliphatic rings. The van der Waals surface area contributed by atoms with Crippen molar-refractivity contribution in [2.24, 2.45) is 5.92 Å². The maximum atomic E-state index is 12.6. The molecule has 0 aromatic heterocycles. The third-order valence-corrected chi connectivity index (χ3v) is 6.03. The maximum absolute atomic E-state index is 12.6. The third-order valence-electron chi connectivity index (χ3n) is 5.81. The zero-order chi connectivity index (χ0) is 18.8. The van der Waals surface area contributed by atoms with Gasteiger partial charge in [0.05, 0.1) is 24.4 Å². The molecule has 1 aromatic carbocycles. The van der Waals surface area contributed by atoms with Gasteiger partial charge in [0.2, 0.25) is 0 Å². The van der Waals surface area contributed by atoms with Crippen molar-refractivity contribution in [3.63, 3.8) is 0 Å². The standard InChI is InChI=1S/C20H27ClN2O4/c21-15-8-13-4-7-27-19(13)17(9-15)20(25)22-10-14-3-5-23(12-18(14)24)11-16-2-1-6-26-16/h8-9,14,16,18,24H,1-7,10-12H2,(H,22,25). The van der Waals surface area contributed by atoms with Crippen LogP contribution in [0.5, 0.6) is 5.75 Å². The molecule has 1 aromatic rings. The number of β-amino-alcohol motifs (C(OH)–C–C–N with tert-alkyl or cyclic N) is 1. The minimum Gasteiger partial charge on any atom is -0.492 e. The Balaban J connectivity index is 1.30. The van der Waals surface area contributed by atoms with Gasteiger partial charge in [-0.05, 0) is 43.5 Å². The number of carbonyl (C=O) groups is 1. The molecule has 3 heterocycles. The Labute approximate surface area is 164 Å². The smallest absolute Gasteiger partial charge is 0.255 e. The molecule has 148 valence electrons. The molecule has 1 amide bonds. The lowest BCUT2D eigenvalue weighted by atomic mass is 9.93. The van der Waals surface area contributed by atoms with E-state index in [0.717, 1.165) is 50.9 Å². The fourth-order valence-electron chi connectivity index (χ4n) is 4.28. The lowest BCUT2D eigenvalue weighted by molar-refractivity contribution is -0.00191. The molecule has 4 rings (SSSR count). The molecule has 27 heavy (non-hydrogen) atoms. The molecule has 2 fully saturated rings. The molecule has 0 radical (unpaired) electrons. The van der Waals surface area contributed by atoms with Crippen molar-refractivity contribution in [1.29, 1.82) is 0 Å². The largest absolute Gasteiger partial charge is 0.492 e. The van der Waals surface area contributed by atoms with Gasteiger partial charge in [-0.3, -0.25) is 9.69 Å². The van der Waals surface area contributed by atoms with E-state index in [2.05, 4.69) is 10.2 Å². The van der Waals surface area contributed by atoms with E-state index in [4.69, 9.17) is 21.1 Å². The molecule has 0 spiro atoms. The van der Waals surface area contributed by atoms with E-state index in [1.807, 2.05) is 6.07 Å². The number of likely N-dealkylation sites (tertiary alicyclic amines) is 1. The summed E-state index contributed by atoms with van der Waals surface area (Å²) in [5.41, 5.74) is 1.47. The first-order valence-corrected chi connectivity index (χ1v) is 10.2. The van der Waals surface area contributed by atoms with Gasteiger partial charge in [0.15, 0.2) is 0 Å². The molecule has 3 unspecified atom stereocenters. The lowest BCUT2D eigenvalue weighted by Gasteiger charge is -2.37. The summed E-state index contributed by atoms with van der Waals surface area (Å²) in [6, 6.07) is 3.51. The van der Waals surface area contributed by atoms with Gasteiger partial charge >= 0.3 is 0 Å². The Hall–Kier alpha value is -1.34. The summed E-state index contributed by atoms with van der Waals surface area (Å²) in [7, 11) is 0.